The second-order valence-electron chi connectivity index (χ2n) is 6.38. The average molecular weight is 378 g/mol. The van der Waals surface area contributed by atoms with Crippen LogP contribution >= 0.6 is 0 Å². The van der Waals surface area contributed by atoms with Gasteiger partial charge in [-0.05, 0) is 18.2 Å². The molecule has 0 atom stereocenters. The molecule has 0 fully saturated rings. The number of aromatic nitrogens is 7. The first-order valence-electron chi connectivity index (χ1n) is 8.84. The van der Waals surface area contributed by atoms with Crippen LogP contribution in [-0.2, 0) is 13.1 Å². The van der Waals surface area contributed by atoms with E-state index in [-0.39, 0.29) is 12.0 Å². The van der Waals surface area contributed by atoms with E-state index in [1.807, 2.05) is 39.9 Å². The van der Waals surface area contributed by atoms with Gasteiger partial charge in [0.15, 0.2) is 5.82 Å². The Kier molecular flexibility index (Phi) is 3.81. The first-order valence-corrected chi connectivity index (χ1v) is 8.84. The van der Waals surface area contributed by atoms with E-state index in [0.717, 1.165) is 28.2 Å². The molecule has 4 aromatic rings. The van der Waals surface area contributed by atoms with Crippen LogP contribution in [0.3, 0.4) is 0 Å². The van der Waals surface area contributed by atoms with E-state index < -0.39 is 0 Å². The largest absolute Gasteiger partial charge is 0.467 e. The molecule has 0 spiro atoms. The fourth-order valence-electron chi connectivity index (χ4n) is 3.28. The molecular formula is C18H18N8O2. The standard InChI is InChI=1S/C18H18N8O2/c1-27-17-21-16(22-18(23-17)28-2)25-7-8-26-11(10-25)9-14(24-26)15-19-12-5-3-4-6-13(12)20-15/h3-6,9H,7-8,10H2,1-2H3,(H,19,20). The van der Waals surface area contributed by atoms with Gasteiger partial charge in [-0.1, -0.05) is 12.1 Å². The van der Waals surface area contributed by atoms with Crippen molar-refractivity contribution in [2.24, 2.45) is 0 Å². The lowest BCUT2D eigenvalue weighted by molar-refractivity contribution is 0.339. The normalized spacial score (nSPS) is 13.6. The lowest BCUT2D eigenvalue weighted by Crippen LogP contribution is -2.35. The Morgan fingerprint density at radius 3 is 2.50 bits per heavy atom. The second kappa shape index (κ2) is 6.48. The number of hydrogen-bond donors (Lipinski definition) is 1. The maximum atomic E-state index is 5.15. The third kappa shape index (κ3) is 2.79. The van der Waals surface area contributed by atoms with Crippen molar-refractivity contribution in [2.75, 3.05) is 25.7 Å². The Morgan fingerprint density at radius 1 is 0.964 bits per heavy atom. The van der Waals surface area contributed by atoms with Gasteiger partial charge in [-0.15, -0.1) is 4.98 Å². The van der Waals surface area contributed by atoms with Crippen LogP contribution in [-0.4, -0.2) is 55.5 Å². The van der Waals surface area contributed by atoms with Crippen LogP contribution in [0.5, 0.6) is 12.0 Å². The van der Waals surface area contributed by atoms with Crippen molar-refractivity contribution in [2.45, 2.75) is 13.1 Å². The number of ether oxygens (including phenoxy) is 2. The van der Waals surface area contributed by atoms with Crippen LogP contribution < -0.4 is 14.4 Å². The van der Waals surface area contributed by atoms with Gasteiger partial charge in [-0.25, -0.2) is 4.98 Å². The third-order valence-electron chi connectivity index (χ3n) is 4.66. The fraction of sp³-hybridized carbons (Fsp3) is 0.278. The monoisotopic (exact) mass is 378 g/mol. The molecule has 1 aliphatic heterocycles. The van der Waals surface area contributed by atoms with Gasteiger partial charge in [0, 0.05) is 6.54 Å². The van der Waals surface area contributed by atoms with Crippen molar-refractivity contribution < 1.29 is 9.47 Å². The molecule has 0 aliphatic carbocycles. The molecule has 3 aromatic heterocycles. The summed E-state index contributed by atoms with van der Waals surface area (Å²) in [4.78, 5) is 22.8. The molecular weight excluding hydrogens is 360 g/mol. The molecule has 0 radical (unpaired) electrons. The van der Waals surface area contributed by atoms with E-state index in [1.54, 1.807) is 0 Å². The topological polar surface area (TPSA) is 107 Å². The second-order valence-corrected chi connectivity index (χ2v) is 6.38. The number of methoxy groups -OCH3 is 2. The number of nitrogens with zero attached hydrogens (tertiary/aromatic N) is 7. The Labute approximate surface area is 160 Å². The number of H-pyrrole nitrogens is 1. The summed E-state index contributed by atoms with van der Waals surface area (Å²) in [7, 11) is 3.03. The first kappa shape index (κ1) is 16.5. The maximum Gasteiger partial charge on any atom is 0.324 e. The van der Waals surface area contributed by atoms with Gasteiger partial charge >= 0.3 is 12.0 Å². The van der Waals surface area contributed by atoms with Gasteiger partial charge < -0.3 is 19.4 Å². The van der Waals surface area contributed by atoms with E-state index in [4.69, 9.17) is 14.6 Å². The van der Waals surface area contributed by atoms with Crippen LogP contribution in [0.25, 0.3) is 22.6 Å². The summed E-state index contributed by atoms with van der Waals surface area (Å²) >= 11 is 0. The molecule has 10 nitrogen and oxygen atoms in total. The van der Waals surface area contributed by atoms with Crippen molar-refractivity contribution in [3.05, 3.63) is 36.0 Å². The van der Waals surface area contributed by atoms with Gasteiger partial charge in [0.1, 0.15) is 5.69 Å². The summed E-state index contributed by atoms with van der Waals surface area (Å²) in [5.74, 6) is 1.28. The molecule has 0 bridgehead atoms. The van der Waals surface area contributed by atoms with Crippen molar-refractivity contribution in [3.63, 3.8) is 0 Å². The summed E-state index contributed by atoms with van der Waals surface area (Å²) in [5, 5.41) is 4.71. The summed E-state index contributed by atoms with van der Waals surface area (Å²) in [5.41, 5.74) is 3.79. The summed E-state index contributed by atoms with van der Waals surface area (Å²) in [6.07, 6.45) is 0. The Balaban J connectivity index is 1.45. The Morgan fingerprint density at radius 2 is 1.75 bits per heavy atom. The number of para-hydroxylation sites is 2. The Hall–Kier alpha value is -3.69. The molecule has 142 valence electrons. The highest BCUT2D eigenvalue weighted by Crippen LogP contribution is 2.25. The lowest BCUT2D eigenvalue weighted by atomic mass is 10.3. The minimum absolute atomic E-state index is 0.226. The zero-order chi connectivity index (χ0) is 19.1. The van der Waals surface area contributed by atoms with Crippen molar-refractivity contribution in [1.29, 1.82) is 0 Å². The average Bonchev–Trinajstić information content (AvgIpc) is 3.36. The quantitative estimate of drug-likeness (QED) is 0.571. The summed E-state index contributed by atoms with van der Waals surface area (Å²) in [6, 6.07) is 10.4. The number of aromatic amines is 1. The number of fused-ring (bicyclic) bond motifs is 2. The Bertz CT molecular complexity index is 1100. The van der Waals surface area contributed by atoms with Crippen LogP contribution in [0.4, 0.5) is 5.95 Å². The molecule has 10 heteroatoms. The molecule has 4 heterocycles. The molecule has 0 unspecified atom stereocenters. The molecule has 0 saturated carbocycles. The number of nitrogens with one attached hydrogen (secondary N) is 1. The smallest absolute Gasteiger partial charge is 0.324 e. The van der Waals surface area contributed by atoms with E-state index in [2.05, 4.69) is 24.9 Å². The highest BCUT2D eigenvalue weighted by Gasteiger charge is 2.23. The molecule has 1 N–H and O–H groups in total. The van der Waals surface area contributed by atoms with Crippen molar-refractivity contribution >= 4 is 17.0 Å². The van der Waals surface area contributed by atoms with E-state index in [1.165, 1.54) is 14.2 Å². The van der Waals surface area contributed by atoms with E-state index in [9.17, 15) is 0 Å². The molecule has 0 saturated heterocycles. The fourth-order valence-corrected chi connectivity index (χ4v) is 3.28. The predicted octanol–water partition coefficient (Wildman–Crippen LogP) is 1.65. The van der Waals surface area contributed by atoms with Gasteiger partial charge in [-0.3, -0.25) is 4.68 Å². The van der Waals surface area contributed by atoms with Crippen LogP contribution in [0.1, 0.15) is 5.69 Å². The summed E-state index contributed by atoms with van der Waals surface area (Å²) in [6.45, 7) is 2.04. The maximum absolute atomic E-state index is 5.15. The van der Waals surface area contributed by atoms with Gasteiger partial charge in [0.25, 0.3) is 0 Å². The van der Waals surface area contributed by atoms with E-state index in [0.29, 0.717) is 25.6 Å². The first-order chi connectivity index (χ1) is 13.7. The minimum Gasteiger partial charge on any atom is -0.467 e. The number of rotatable bonds is 4. The highest BCUT2D eigenvalue weighted by molar-refractivity contribution is 5.78. The van der Waals surface area contributed by atoms with Crippen LogP contribution in [0.15, 0.2) is 30.3 Å². The third-order valence-corrected chi connectivity index (χ3v) is 4.66. The predicted molar refractivity (Wildman–Crippen MR) is 101 cm³/mol. The van der Waals surface area contributed by atoms with Gasteiger partial charge in [-0.2, -0.15) is 15.1 Å². The van der Waals surface area contributed by atoms with Gasteiger partial charge in [0.2, 0.25) is 5.95 Å². The minimum atomic E-state index is 0.226. The highest BCUT2D eigenvalue weighted by atomic mass is 16.5. The zero-order valence-electron chi connectivity index (χ0n) is 15.5. The molecule has 0 amide bonds. The van der Waals surface area contributed by atoms with Crippen LogP contribution in [0.2, 0.25) is 0 Å². The number of benzene rings is 1. The lowest BCUT2D eigenvalue weighted by Gasteiger charge is -2.27. The van der Waals surface area contributed by atoms with Crippen LogP contribution in [0, 0.1) is 0 Å². The summed E-state index contributed by atoms with van der Waals surface area (Å²) < 4.78 is 12.3. The number of anilines is 1. The van der Waals surface area contributed by atoms with Gasteiger partial charge in [0.05, 0.1) is 44.0 Å². The molecule has 28 heavy (non-hydrogen) atoms. The van der Waals surface area contributed by atoms with E-state index >= 15 is 0 Å². The van der Waals surface area contributed by atoms with Crippen molar-refractivity contribution in [1.82, 2.24) is 34.7 Å². The SMILES string of the molecule is COc1nc(OC)nc(N2CCn3nc(-c4nc5ccccc5[nH]4)cc3C2)n1. The van der Waals surface area contributed by atoms with Crippen molar-refractivity contribution in [3.8, 4) is 23.5 Å². The number of imidazole rings is 1. The zero-order valence-corrected chi connectivity index (χ0v) is 15.5. The molecule has 1 aliphatic rings. The molecule has 5 rings (SSSR count). The molecule has 1 aromatic carbocycles. The number of hydrogen-bond acceptors (Lipinski definition) is 8.